The first kappa shape index (κ1) is 17.2. The van der Waals surface area contributed by atoms with Crippen LogP contribution in [-0.4, -0.2) is 50.1 Å². The predicted octanol–water partition coefficient (Wildman–Crippen LogP) is 2.64. The van der Waals surface area contributed by atoms with Gasteiger partial charge in [0.1, 0.15) is 0 Å². The molecule has 25 heavy (non-hydrogen) atoms. The maximum atomic E-state index is 11.9. The van der Waals surface area contributed by atoms with Crippen LogP contribution in [0.4, 0.5) is 5.69 Å². The van der Waals surface area contributed by atoms with E-state index in [1.807, 2.05) is 36.4 Å². The van der Waals surface area contributed by atoms with Crippen molar-refractivity contribution in [2.45, 2.75) is 0 Å². The van der Waals surface area contributed by atoms with Crippen molar-refractivity contribution in [1.82, 2.24) is 10.2 Å². The lowest BCUT2D eigenvalue weighted by Crippen LogP contribution is -2.48. The summed E-state index contributed by atoms with van der Waals surface area (Å²) in [6.07, 6.45) is 3.44. The van der Waals surface area contributed by atoms with E-state index in [4.69, 9.17) is 0 Å². The molecule has 1 fully saturated rings. The van der Waals surface area contributed by atoms with Crippen molar-refractivity contribution in [1.29, 1.82) is 0 Å². The maximum absolute atomic E-state index is 11.9. The number of carbonyl (C=O) groups excluding carboxylic acids is 1. The van der Waals surface area contributed by atoms with Crippen LogP contribution in [-0.2, 0) is 4.79 Å². The van der Waals surface area contributed by atoms with Gasteiger partial charge in [-0.2, -0.15) is 0 Å². The van der Waals surface area contributed by atoms with Gasteiger partial charge in [-0.25, -0.2) is 0 Å². The Morgan fingerprint density at radius 2 is 1.56 bits per heavy atom. The minimum absolute atomic E-state index is 0.0354. The predicted molar refractivity (Wildman–Crippen MR) is 104 cm³/mol. The summed E-state index contributed by atoms with van der Waals surface area (Å²) in [5, 5.41) is 2.96. The summed E-state index contributed by atoms with van der Waals surface area (Å²) in [7, 11) is 0. The molecule has 1 N–H and O–H groups in total. The van der Waals surface area contributed by atoms with Crippen LogP contribution in [0, 0.1) is 0 Å². The van der Waals surface area contributed by atoms with Crippen molar-refractivity contribution in [3.63, 3.8) is 0 Å². The number of piperazine rings is 1. The molecule has 0 spiro atoms. The largest absolute Gasteiger partial charge is 0.369 e. The summed E-state index contributed by atoms with van der Waals surface area (Å²) in [6, 6.07) is 20.4. The Morgan fingerprint density at radius 1 is 0.920 bits per heavy atom. The van der Waals surface area contributed by atoms with Crippen LogP contribution in [0.2, 0.25) is 0 Å². The van der Waals surface area contributed by atoms with Crippen molar-refractivity contribution in [3.05, 3.63) is 72.3 Å². The number of anilines is 1. The van der Waals surface area contributed by atoms with Crippen LogP contribution in [0.3, 0.4) is 0 Å². The molecule has 0 aliphatic carbocycles. The van der Waals surface area contributed by atoms with Crippen molar-refractivity contribution in [3.8, 4) is 0 Å². The molecule has 0 saturated carbocycles. The van der Waals surface area contributed by atoms with E-state index in [0.29, 0.717) is 6.54 Å². The summed E-state index contributed by atoms with van der Waals surface area (Å²) in [5.74, 6) is -0.0354. The second-order valence-corrected chi connectivity index (χ2v) is 6.20. The molecule has 0 unspecified atom stereocenters. The normalized spacial score (nSPS) is 15.4. The quantitative estimate of drug-likeness (QED) is 0.825. The van der Waals surface area contributed by atoms with E-state index >= 15 is 0 Å². The zero-order valence-electron chi connectivity index (χ0n) is 14.5. The first-order valence-electron chi connectivity index (χ1n) is 8.84. The standard InChI is InChI=1S/C21H25N3O/c25-21(12-11-19-7-3-1-4-8-19)22-13-14-23-15-17-24(18-16-23)20-9-5-2-6-10-20/h1-12H,13-18H2,(H,22,25)/b12-11+. The maximum Gasteiger partial charge on any atom is 0.244 e. The number of rotatable bonds is 6. The van der Waals surface area contributed by atoms with Crippen LogP contribution >= 0.6 is 0 Å². The highest BCUT2D eigenvalue weighted by molar-refractivity contribution is 5.91. The van der Waals surface area contributed by atoms with E-state index in [1.54, 1.807) is 6.08 Å². The van der Waals surface area contributed by atoms with Gasteiger partial charge in [0.2, 0.25) is 5.91 Å². The molecule has 1 aliphatic rings. The molecule has 4 nitrogen and oxygen atoms in total. The Kier molecular flexibility index (Phi) is 6.23. The lowest BCUT2D eigenvalue weighted by Gasteiger charge is -2.36. The molecule has 4 heteroatoms. The summed E-state index contributed by atoms with van der Waals surface area (Å²) in [5.41, 5.74) is 2.33. The Morgan fingerprint density at radius 3 is 2.24 bits per heavy atom. The molecule has 2 aromatic carbocycles. The monoisotopic (exact) mass is 335 g/mol. The molecular weight excluding hydrogens is 310 g/mol. The molecule has 0 atom stereocenters. The minimum atomic E-state index is -0.0354. The van der Waals surface area contributed by atoms with Gasteiger partial charge < -0.3 is 10.2 Å². The number of benzene rings is 2. The zero-order valence-corrected chi connectivity index (χ0v) is 14.5. The first-order valence-corrected chi connectivity index (χ1v) is 8.84. The van der Waals surface area contributed by atoms with Gasteiger partial charge in [0.15, 0.2) is 0 Å². The lowest BCUT2D eigenvalue weighted by molar-refractivity contribution is -0.116. The highest BCUT2D eigenvalue weighted by atomic mass is 16.1. The van der Waals surface area contributed by atoms with Crippen molar-refractivity contribution in [2.75, 3.05) is 44.2 Å². The second-order valence-electron chi connectivity index (χ2n) is 6.20. The number of hydrogen-bond acceptors (Lipinski definition) is 3. The molecule has 0 bridgehead atoms. The summed E-state index contributed by atoms with van der Waals surface area (Å²) in [6.45, 7) is 5.71. The highest BCUT2D eigenvalue weighted by Gasteiger charge is 2.16. The van der Waals surface area contributed by atoms with E-state index in [1.165, 1.54) is 5.69 Å². The van der Waals surface area contributed by atoms with Gasteiger partial charge in [-0.1, -0.05) is 48.5 Å². The lowest BCUT2D eigenvalue weighted by atomic mass is 10.2. The number of carbonyl (C=O) groups is 1. The number of nitrogens with zero attached hydrogens (tertiary/aromatic N) is 2. The topological polar surface area (TPSA) is 35.6 Å². The number of amides is 1. The molecule has 2 aromatic rings. The minimum Gasteiger partial charge on any atom is -0.369 e. The molecule has 130 valence electrons. The molecule has 0 radical (unpaired) electrons. The van der Waals surface area contributed by atoms with Crippen LogP contribution in [0.15, 0.2) is 66.7 Å². The SMILES string of the molecule is O=C(/C=C/c1ccccc1)NCCN1CCN(c2ccccc2)CC1. The van der Waals surface area contributed by atoms with E-state index in [-0.39, 0.29) is 5.91 Å². The second kappa shape index (κ2) is 9.04. The van der Waals surface area contributed by atoms with Crippen molar-refractivity contribution >= 4 is 17.7 Å². The molecule has 1 heterocycles. The smallest absolute Gasteiger partial charge is 0.244 e. The van der Waals surface area contributed by atoms with Crippen LogP contribution < -0.4 is 10.2 Å². The fraction of sp³-hybridized carbons (Fsp3) is 0.286. The fourth-order valence-corrected chi connectivity index (χ4v) is 3.00. The molecular formula is C21H25N3O. The first-order chi connectivity index (χ1) is 12.3. The van der Waals surface area contributed by atoms with Gasteiger partial charge in [-0.15, -0.1) is 0 Å². The Bertz CT molecular complexity index is 677. The summed E-state index contributed by atoms with van der Waals surface area (Å²) >= 11 is 0. The average molecular weight is 335 g/mol. The molecule has 1 saturated heterocycles. The van der Waals surface area contributed by atoms with Gasteiger partial charge in [0.05, 0.1) is 0 Å². The third kappa shape index (κ3) is 5.47. The van der Waals surface area contributed by atoms with Crippen molar-refractivity contribution in [2.24, 2.45) is 0 Å². The van der Waals surface area contributed by atoms with Gasteiger partial charge in [-0.3, -0.25) is 9.69 Å². The molecule has 0 aromatic heterocycles. The van der Waals surface area contributed by atoms with E-state index in [0.717, 1.165) is 38.3 Å². The van der Waals surface area contributed by atoms with Crippen LogP contribution in [0.25, 0.3) is 6.08 Å². The van der Waals surface area contributed by atoms with Gasteiger partial charge in [-0.05, 0) is 23.8 Å². The Hall–Kier alpha value is -2.59. The van der Waals surface area contributed by atoms with Gasteiger partial charge >= 0.3 is 0 Å². The third-order valence-corrected chi connectivity index (χ3v) is 4.45. The number of nitrogens with one attached hydrogen (secondary N) is 1. The number of hydrogen-bond donors (Lipinski definition) is 1. The van der Waals surface area contributed by atoms with Crippen LogP contribution in [0.1, 0.15) is 5.56 Å². The molecule has 1 amide bonds. The Labute approximate surface area is 149 Å². The zero-order chi connectivity index (χ0) is 17.3. The van der Waals surface area contributed by atoms with E-state index < -0.39 is 0 Å². The molecule has 3 rings (SSSR count). The van der Waals surface area contributed by atoms with Crippen molar-refractivity contribution < 1.29 is 4.79 Å². The van der Waals surface area contributed by atoms with Gasteiger partial charge in [0, 0.05) is 51.0 Å². The van der Waals surface area contributed by atoms with Crippen LogP contribution in [0.5, 0.6) is 0 Å². The van der Waals surface area contributed by atoms with E-state index in [9.17, 15) is 4.79 Å². The Balaban J connectivity index is 1.35. The molecule has 1 aliphatic heterocycles. The summed E-state index contributed by atoms with van der Waals surface area (Å²) in [4.78, 5) is 16.7. The third-order valence-electron chi connectivity index (χ3n) is 4.45. The fourth-order valence-electron chi connectivity index (χ4n) is 3.00. The van der Waals surface area contributed by atoms with E-state index in [2.05, 4.69) is 45.4 Å². The van der Waals surface area contributed by atoms with Gasteiger partial charge in [0.25, 0.3) is 0 Å². The highest BCUT2D eigenvalue weighted by Crippen LogP contribution is 2.15. The average Bonchev–Trinajstić information content (AvgIpc) is 2.68. The summed E-state index contributed by atoms with van der Waals surface area (Å²) < 4.78 is 0. The number of para-hydroxylation sites is 1.